The Morgan fingerprint density at radius 3 is 2.29 bits per heavy atom. The number of anilines is 2. The molecule has 2 rings (SSSR count). The predicted molar refractivity (Wildman–Crippen MR) is 88.6 cm³/mol. The fourth-order valence-corrected chi connectivity index (χ4v) is 2.16. The molecule has 110 valence electrons. The Bertz CT molecular complexity index is 618. The van der Waals surface area contributed by atoms with E-state index in [0.717, 1.165) is 17.9 Å². The average Bonchev–Trinajstić information content (AvgIpc) is 2.48. The number of hydrogen-bond donors (Lipinski definition) is 2. The summed E-state index contributed by atoms with van der Waals surface area (Å²) in [5, 5.41) is 6.24. The lowest BCUT2D eigenvalue weighted by molar-refractivity contribution is -0.115. The van der Waals surface area contributed by atoms with Gasteiger partial charge in [-0.15, -0.1) is 0 Å². The lowest BCUT2D eigenvalue weighted by atomic mass is 10.1. The van der Waals surface area contributed by atoms with Gasteiger partial charge in [0.15, 0.2) is 0 Å². The van der Waals surface area contributed by atoms with Crippen LogP contribution in [0.5, 0.6) is 0 Å². The lowest BCUT2D eigenvalue weighted by Crippen LogP contribution is -2.09. The van der Waals surface area contributed by atoms with Crippen LogP contribution in [0.2, 0.25) is 0 Å². The quantitative estimate of drug-likeness (QED) is 0.860. The van der Waals surface area contributed by atoms with E-state index in [0.29, 0.717) is 6.42 Å². The summed E-state index contributed by atoms with van der Waals surface area (Å²) in [6, 6.07) is 14.3. The minimum atomic E-state index is 0.0333. The van der Waals surface area contributed by atoms with E-state index >= 15 is 0 Å². The van der Waals surface area contributed by atoms with Gasteiger partial charge in [-0.1, -0.05) is 30.7 Å². The SMILES string of the molecule is CCC(=O)Nc1ccc(NCc2ccc(C)cc2C)cc1. The van der Waals surface area contributed by atoms with Crippen LogP contribution in [0.4, 0.5) is 11.4 Å². The van der Waals surface area contributed by atoms with Crippen molar-refractivity contribution < 1.29 is 4.79 Å². The fraction of sp³-hybridized carbons (Fsp3) is 0.278. The Labute approximate surface area is 126 Å². The first-order chi connectivity index (χ1) is 10.1. The van der Waals surface area contributed by atoms with Crippen molar-refractivity contribution in [2.45, 2.75) is 33.7 Å². The molecule has 0 saturated carbocycles. The monoisotopic (exact) mass is 282 g/mol. The number of carbonyl (C=O) groups excluding carboxylic acids is 1. The van der Waals surface area contributed by atoms with Crippen molar-refractivity contribution in [1.29, 1.82) is 0 Å². The van der Waals surface area contributed by atoms with E-state index in [1.54, 1.807) is 0 Å². The zero-order valence-corrected chi connectivity index (χ0v) is 12.9. The highest BCUT2D eigenvalue weighted by Gasteiger charge is 2.01. The second-order valence-electron chi connectivity index (χ2n) is 5.26. The summed E-state index contributed by atoms with van der Waals surface area (Å²) in [7, 11) is 0. The zero-order valence-electron chi connectivity index (χ0n) is 12.9. The molecule has 0 aliphatic carbocycles. The van der Waals surface area contributed by atoms with Crippen molar-refractivity contribution in [2.24, 2.45) is 0 Å². The molecule has 0 saturated heterocycles. The molecule has 2 aromatic carbocycles. The first-order valence-electron chi connectivity index (χ1n) is 7.28. The summed E-state index contributed by atoms with van der Waals surface area (Å²) in [4.78, 5) is 11.3. The minimum absolute atomic E-state index is 0.0333. The molecule has 1 amide bonds. The predicted octanol–water partition coefficient (Wildman–Crippen LogP) is 4.26. The molecular formula is C18H22N2O. The van der Waals surface area contributed by atoms with E-state index in [4.69, 9.17) is 0 Å². The Hall–Kier alpha value is -2.29. The molecule has 0 fully saturated rings. The highest BCUT2D eigenvalue weighted by molar-refractivity contribution is 5.90. The van der Waals surface area contributed by atoms with Crippen LogP contribution in [0.15, 0.2) is 42.5 Å². The van der Waals surface area contributed by atoms with Crippen LogP contribution in [0.1, 0.15) is 30.0 Å². The molecule has 0 radical (unpaired) electrons. The number of amides is 1. The molecule has 0 unspecified atom stereocenters. The highest BCUT2D eigenvalue weighted by atomic mass is 16.1. The summed E-state index contributed by atoms with van der Waals surface area (Å²) in [6.45, 7) is 6.88. The smallest absolute Gasteiger partial charge is 0.224 e. The van der Waals surface area contributed by atoms with E-state index in [2.05, 4.69) is 42.7 Å². The Morgan fingerprint density at radius 1 is 1.00 bits per heavy atom. The van der Waals surface area contributed by atoms with Crippen LogP contribution in [-0.4, -0.2) is 5.91 Å². The van der Waals surface area contributed by atoms with Crippen LogP contribution in [0.3, 0.4) is 0 Å². The molecule has 0 atom stereocenters. The van der Waals surface area contributed by atoms with Gasteiger partial charge >= 0.3 is 0 Å². The summed E-state index contributed by atoms with van der Waals surface area (Å²) in [6.07, 6.45) is 0.493. The van der Waals surface area contributed by atoms with E-state index in [1.165, 1.54) is 16.7 Å². The molecule has 0 aliphatic heterocycles. The molecule has 0 heterocycles. The van der Waals surface area contributed by atoms with Gasteiger partial charge in [-0.25, -0.2) is 0 Å². The van der Waals surface area contributed by atoms with Gasteiger partial charge in [0, 0.05) is 24.3 Å². The number of benzene rings is 2. The van der Waals surface area contributed by atoms with Gasteiger partial charge in [0.2, 0.25) is 5.91 Å². The molecule has 2 N–H and O–H groups in total. The molecule has 3 heteroatoms. The van der Waals surface area contributed by atoms with Gasteiger partial charge in [-0.2, -0.15) is 0 Å². The van der Waals surface area contributed by atoms with Crippen LogP contribution in [-0.2, 0) is 11.3 Å². The second kappa shape index (κ2) is 6.93. The Kier molecular flexibility index (Phi) is 4.99. The van der Waals surface area contributed by atoms with Crippen LogP contribution < -0.4 is 10.6 Å². The maximum atomic E-state index is 11.3. The number of rotatable bonds is 5. The van der Waals surface area contributed by atoms with E-state index in [1.807, 2.05) is 31.2 Å². The van der Waals surface area contributed by atoms with Gasteiger partial charge in [-0.05, 0) is 49.2 Å². The lowest BCUT2D eigenvalue weighted by Gasteiger charge is -2.11. The molecule has 0 aromatic heterocycles. The Morgan fingerprint density at radius 2 is 1.67 bits per heavy atom. The van der Waals surface area contributed by atoms with E-state index < -0.39 is 0 Å². The molecule has 3 nitrogen and oxygen atoms in total. The van der Waals surface area contributed by atoms with Gasteiger partial charge in [-0.3, -0.25) is 4.79 Å². The molecule has 0 bridgehead atoms. The summed E-state index contributed by atoms with van der Waals surface area (Å²) in [5.74, 6) is 0.0333. The molecule has 0 aliphatic rings. The van der Waals surface area contributed by atoms with Crippen molar-refractivity contribution >= 4 is 17.3 Å². The van der Waals surface area contributed by atoms with Crippen LogP contribution in [0, 0.1) is 13.8 Å². The van der Waals surface area contributed by atoms with Gasteiger partial charge in [0.05, 0.1) is 0 Å². The summed E-state index contributed by atoms with van der Waals surface area (Å²) < 4.78 is 0. The van der Waals surface area contributed by atoms with Crippen molar-refractivity contribution in [3.63, 3.8) is 0 Å². The standard InChI is InChI=1S/C18H22N2O/c1-4-18(21)20-17-9-7-16(8-10-17)19-12-15-6-5-13(2)11-14(15)3/h5-11,19H,4,12H2,1-3H3,(H,20,21). The largest absolute Gasteiger partial charge is 0.381 e. The summed E-state index contributed by atoms with van der Waals surface area (Å²) >= 11 is 0. The first kappa shape index (κ1) is 15.1. The third-order valence-corrected chi connectivity index (χ3v) is 3.47. The normalized spacial score (nSPS) is 10.2. The van der Waals surface area contributed by atoms with Gasteiger partial charge in [0.25, 0.3) is 0 Å². The third kappa shape index (κ3) is 4.35. The topological polar surface area (TPSA) is 41.1 Å². The maximum absolute atomic E-state index is 11.3. The number of hydrogen-bond acceptors (Lipinski definition) is 2. The molecule has 21 heavy (non-hydrogen) atoms. The van der Waals surface area contributed by atoms with Crippen molar-refractivity contribution in [1.82, 2.24) is 0 Å². The van der Waals surface area contributed by atoms with Gasteiger partial charge < -0.3 is 10.6 Å². The molecular weight excluding hydrogens is 260 g/mol. The summed E-state index contributed by atoms with van der Waals surface area (Å²) in [5.41, 5.74) is 5.76. The van der Waals surface area contributed by atoms with Gasteiger partial charge in [0.1, 0.15) is 0 Å². The van der Waals surface area contributed by atoms with Crippen LogP contribution >= 0.6 is 0 Å². The minimum Gasteiger partial charge on any atom is -0.381 e. The van der Waals surface area contributed by atoms with Crippen molar-refractivity contribution in [2.75, 3.05) is 10.6 Å². The molecule has 0 spiro atoms. The number of nitrogens with one attached hydrogen (secondary N) is 2. The van der Waals surface area contributed by atoms with Crippen LogP contribution in [0.25, 0.3) is 0 Å². The fourth-order valence-electron chi connectivity index (χ4n) is 2.16. The molecule has 2 aromatic rings. The zero-order chi connectivity index (χ0) is 15.2. The van der Waals surface area contributed by atoms with Crippen molar-refractivity contribution in [3.8, 4) is 0 Å². The maximum Gasteiger partial charge on any atom is 0.224 e. The first-order valence-corrected chi connectivity index (χ1v) is 7.28. The van der Waals surface area contributed by atoms with Crippen molar-refractivity contribution in [3.05, 3.63) is 59.2 Å². The third-order valence-electron chi connectivity index (χ3n) is 3.47. The average molecular weight is 282 g/mol. The van der Waals surface area contributed by atoms with E-state index in [9.17, 15) is 4.79 Å². The van der Waals surface area contributed by atoms with E-state index in [-0.39, 0.29) is 5.91 Å². The Balaban J connectivity index is 1.96. The number of carbonyl (C=O) groups is 1. The second-order valence-corrected chi connectivity index (χ2v) is 5.26. The number of aryl methyl sites for hydroxylation is 2. The highest BCUT2D eigenvalue weighted by Crippen LogP contribution is 2.16.